The summed E-state index contributed by atoms with van der Waals surface area (Å²) >= 11 is 0. The van der Waals surface area contributed by atoms with Crippen LogP contribution >= 0.6 is 0 Å². The van der Waals surface area contributed by atoms with Gasteiger partial charge in [0.25, 0.3) is 5.91 Å². The van der Waals surface area contributed by atoms with Gasteiger partial charge in [0.15, 0.2) is 0 Å². The Morgan fingerprint density at radius 3 is 2.11 bits per heavy atom. The number of nitrogens with zero attached hydrogens (tertiary/aromatic N) is 2. The largest absolute Gasteiger partial charge is 0.481 e. The summed E-state index contributed by atoms with van der Waals surface area (Å²) in [6.45, 7) is 4.44. The summed E-state index contributed by atoms with van der Waals surface area (Å²) in [5, 5.41) is 23.3. The first kappa shape index (κ1) is 25.6. The minimum atomic E-state index is -0.946. The van der Waals surface area contributed by atoms with Crippen molar-refractivity contribution in [3.05, 3.63) is 90.0 Å². The minimum absolute atomic E-state index is 0.0526. The average molecular weight is 499 g/mol. The fraction of sp³-hybridized carbons (Fsp3) is 0.241. The quantitative estimate of drug-likeness (QED) is 0.239. The summed E-state index contributed by atoms with van der Waals surface area (Å²) in [4.78, 5) is 22.9. The summed E-state index contributed by atoms with van der Waals surface area (Å²) in [6, 6.07) is 25.0. The van der Waals surface area contributed by atoms with Crippen LogP contribution < -0.4 is 10.6 Å². The molecule has 0 bridgehead atoms. The molecule has 0 aliphatic heterocycles. The number of nitrogens with one attached hydrogen (secondary N) is 2. The Morgan fingerprint density at radius 2 is 1.51 bits per heavy atom. The van der Waals surface area contributed by atoms with E-state index in [2.05, 4.69) is 46.8 Å². The van der Waals surface area contributed by atoms with Crippen molar-refractivity contribution in [1.82, 2.24) is 15.5 Å². The number of carbonyl (C=O) groups is 2. The van der Waals surface area contributed by atoms with Gasteiger partial charge in [-0.05, 0) is 60.0 Å². The van der Waals surface area contributed by atoms with E-state index < -0.39 is 5.97 Å². The van der Waals surface area contributed by atoms with Crippen LogP contribution in [-0.2, 0) is 4.79 Å². The third-order valence-electron chi connectivity index (χ3n) is 6.27. The van der Waals surface area contributed by atoms with Crippen LogP contribution in [0.25, 0.3) is 22.9 Å². The second-order valence-corrected chi connectivity index (χ2v) is 8.88. The van der Waals surface area contributed by atoms with Gasteiger partial charge in [-0.15, -0.1) is 10.2 Å². The zero-order valence-corrected chi connectivity index (χ0v) is 20.8. The van der Waals surface area contributed by atoms with E-state index in [4.69, 9.17) is 9.52 Å². The molecule has 8 heteroatoms. The van der Waals surface area contributed by atoms with Gasteiger partial charge in [0.2, 0.25) is 11.8 Å². The van der Waals surface area contributed by atoms with Crippen LogP contribution in [0.2, 0.25) is 0 Å². The molecule has 4 aromatic rings. The molecule has 1 aromatic heterocycles. The average Bonchev–Trinajstić information content (AvgIpc) is 3.42. The first-order valence-corrected chi connectivity index (χ1v) is 12.3. The lowest BCUT2D eigenvalue weighted by Crippen LogP contribution is -2.26. The standard InChI is InChI=1S/C29H30N4O4/c1-3-19(2)26(31-24-15-13-21(14-16-24)27(36)30-18-17-25(34)35)20-9-11-23(12-10-20)29-33-32-28(37-29)22-7-5-4-6-8-22/h4-16,19,26,31H,3,17-18H2,1-2H3,(H,30,36)(H,34,35)/t19?,26-/m0/s1. The number of carboxylic acids is 1. The van der Waals surface area contributed by atoms with Crippen LogP contribution in [0.5, 0.6) is 0 Å². The van der Waals surface area contributed by atoms with E-state index in [1.54, 1.807) is 12.1 Å². The highest BCUT2D eigenvalue weighted by molar-refractivity contribution is 5.94. The summed E-state index contributed by atoms with van der Waals surface area (Å²) < 4.78 is 5.89. The van der Waals surface area contributed by atoms with Gasteiger partial charge < -0.3 is 20.2 Å². The molecule has 0 radical (unpaired) electrons. The van der Waals surface area contributed by atoms with Crippen molar-refractivity contribution in [2.45, 2.75) is 32.7 Å². The second kappa shape index (κ2) is 12.0. The third kappa shape index (κ3) is 6.61. The van der Waals surface area contributed by atoms with E-state index in [0.29, 0.717) is 23.3 Å². The van der Waals surface area contributed by atoms with Crippen LogP contribution in [0.15, 0.2) is 83.3 Å². The predicted molar refractivity (Wildman–Crippen MR) is 142 cm³/mol. The highest BCUT2D eigenvalue weighted by atomic mass is 16.4. The van der Waals surface area contributed by atoms with E-state index in [1.165, 1.54) is 0 Å². The Morgan fingerprint density at radius 1 is 0.892 bits per heavy atom. The maximum atomic E-state index is 12.2. The van der Waals surface area contributed by atoms with Crippen molar-refractivity contribution < 1.29 is 19.1 Å². The van der Waals surface area contributed by atoms with Gasteiger partial charge in [0, 0.05) is 28.9 Å². The van der Waals surface area contributed by atoms with Gasteiger partial charge >= 0.3 is 5.97 Å². The highest BCUT2D eigenvalue weighted by Gasteiger charge is 2.19. The normalized spacial score (nSPS) is 12.5. The number of aromatic nitrogens is 2. The number of hydrogen-bond acceptors (Lipinski definition) is 6. The Bertz CT molecular complexity index is 1320. The maximum absolute atomic E-state index is 12.2. The van der Waals surface area contributed by atoms with Gasteiger partial charge in [-0.1, -0.05) is 50.6 Å². The topological polar surface area (TPSA) is 117 Å². The van der Waals surface area contributed by atoms with Gasteiger partial charge in [-0.2, -0.15) is 0 Å². The predicted octanol–water partition coefficient (Wildman–Crippen LogP) is 5.81. The third-order valence-corrected chi connectivity index (χ3v) is 6.27. The van der Waals surface area contributed by atoms with Gasteiger partial charge in [-0.25, -0.2) is 0 Å². The van der Waals surface area contributed by atoms with E-state index in [1.807, 2.05) is 54.6 Å². The van der Waals surface area contributed by atoms with Crippen molar-refractivity contribution in [1.29, 1.82) is 0 Å². The van der Waals surface area contributed by atoms with Crippen molar-refractivity contribution in [3.63, 3.8) is 0 Å². The molecule has 0 aliphatic rings. The molecule has 8 nitrogen and oxygen atoms in total. The lowest BCUT2D eigenvalue weighted by atomic mass is 9.91. The van der Waals surface area contributed by atoms with Crippen LogP contribution in [0.3, 0.4) is 0 Å². The SMILES string of the molecule is CCC(C)[C@H](Nc1ccc(C(=O)NCCC(=O)O)cc1)c1ccc(-c2nnc(-c3ccccc3)o2)cc1. The summed E-state index contributed by atoms with van der Waals surface area (Å²) in [6.07, 6.45) is 0.870. The van der Waals surface area contributed by atoms with Crippen LogP contribution in [0.1, 0.15) is 48.7 Å². The second-order valence-electron chi connectivity index (χ2n) is 8.88. The monoisotopic (exact) mass is 498 g/mol. The smallest absolute Gasteiger partial charge is 0.305 e. The van der Waals surface area contributed by atoms with Crippen molar-refractivity contribution in [2.24, 2.45) is 5.92 Å². The molecule has 2 atom stereocenters. The Labute approximate surface area is 215 Å². The lowest BCUT2D eigenvalue weighted by molar-refractivity contribution is -0.136. The van der Waals surface area contributed by atoms with Crippen molar-refractivity contribution >= 4 is 17.6 Å². The number of rotatable bonds is 11. The van der Waals surface area contributed by atoms with Gasteiger partial charge in [0.1, 0.15) is 0 Å². The summed E-state index contributed by atoms with van der Waals surface area (Å²) in [7, 11) is 0. The van der Waals surface area contributed by atoms with E-state index in [9.17, 15) is 9.59 Å². The Hall–Kier alpha value is -4.46. The number of aliphatic carboxylic acids is 1. The van der Waals surface area contributed by atoms with Crippen LogP contribution in [0.4, 0.5) is 5.69 Å². The molecule has 3 N–H and O–H groups in total. The number of carboxylic acid groups (broad SMARTS) is 1. The van der Waals surface area contributed by atoms with E-state index in [-0.39, 0.29) is 24.9 Å². The van der Waals surface area contributed by atoms with Gasteiger partial charge in [-0.3, -0.25) is 9.59 Å². The fourth-order valence-electron chi connectivity index (χ4n) is 3.94. The first-order valence-electron chi connectivity index (χ1n) is 12.3. The zero-order valence-electron chi connectivity index (χ0n) is 20.8. The summed E-state index contributed by atoms with van der Waals surface area (Å²) in [5.41, 5.74) is 4.22. The Kier molecular flexibility index (Phi) is 8.30. The molecule has 4 rings (SSSR count). The van der Waals surface area contributed by atoms with Crippen LogP contribution in [-0.4, -0.2) is 33.7 Å². The molecule has 190 valence electrons. The molecule has 0 saturated carbocycles. The number of carbonyl (C=O) groups excluding carboxylic acids is 1. The number of benzene rings is 3. The molecule has 1 heterocycles. The molecule has 37 heavy (non-hydrogen) atoms. The highest BCUT2D eigenvalue weighted by Crippen LogP contribution is 2.31. The molecule has 1 unspecified atom stereocenters. The van der Waals surface area contributed by atoms with E-state index >= 15 is 0 Å². The molecule has 0 fully saturated rings. The fourth-order valence-corrected chi connectivity index (χ4v) is 3.94. The molecule has 3 aromatic carbocycles. The number of hydrogen-bond donors (Lipinski definition) is 3. The molecule has 0 spiro atoms. The zero-order chi connectivity index (χ0) is 26.2. The molecular weight excluding hydrogens is 468 g/mol. The molecule has 1 amide bonds. The lowest BCUT2D eigenvalue weighted by Gasteiger charge is -2.26. The molecule has 0 aliphatic carbocycles. The number of anilines is 1. The van der Waals surface area contributed by atoms with Gasteiger partial charge in [0.05, 0.1) is 12.5 Å². The summed E-state index contributed by atoms with van der Waals surface area (Å²) in [5.74, 6) is 0.0581. The Balaban J connectivity index is 1.45. The van der Waals surface area contributed by atoms with Crippen molar-refractivity contribution in [2.75, 3.05) is 11.9 Å². The minimum Gasteiger partial charge on any atom is -0.481 e. The number of amides is 1. The molecule has 0 saturated heterocycles. The molecular formula is C29H30N4O4. The van der Waals surface area contributed by atoms with Crippen molar-refractivity contribution in [3.8, 4) is 22.9 Å². The van der Waals surface area contributed by atoms with Crippen LogP contribution in [0, 0.1) is 5.92 Å². The first-order chi connectivity index (χ1) is 17.9. The maximum Gasteiger partial charge on any atom is 0.305 e. The van der Waals surface area contributed by atoms with E-state index in [0.717, 1.165) is 28.8 Å².